The first-order valence-corrected chi connectivity index (χ1v) is 11.4. The van der Waals surface area contributed by atoms with Crippen LogP contribution in [0.25, 0.3) is 0 Å². The molecular formula is C12H24GeO3. The quantitative estimate of drug-likeness (QED) is 0.311. The maximum atomic E-state index is 11.2. The fraction of sp³-hybridized carbons (Fsp3) is 0.750. The maximum absolute atomic E-state index is 11.2. The average Bonchev–Trinajstić information content (AvgIpc) is 2.26. The van der Waals surface area contributed by atoms with Crippen molar-refractivity contribution >= 4 is 19.6 Å². The van der Waals surface area contributed by atoms with E-state index in [2.05, 4.69) is 20.8 Å². The summed E-state index contributed by atoms with van der Waals surface area (Å²) in [5.74, 6) is 0.406. The van der Waals surface area contributed by atoms with E-state index >= 15 is 0 Å². The Kier molecular flexibility index (Phi) is 7.55. The molecule has 0 heterocycles. The molecule has 0 aromatic heterocycles. The number of ether oxygens (including phenoxy) is 1. The molecule has 0 spiro atoms. The van der Waals surface area contributed by atoms with Gasteiger partial charge >= 0.3 is 102 Å². The summed E-state index contributed by atoms with van der Waals surface area (Å²) < 4.78 is 10.9. The fourth-order valence-corrected chi connectivity index (χ4v) is 7.30. The minimum absolute atomic E-state index is 0.306. The Morgan fingerprint density at radius 1 is 1.12 bits per heavy atom. The van der Waals surface area contributed by atoms with Crippen LogP contribution in [0.4, 0.5) is 0 Å². The summed E-state index contributed by atoms with van der Waals surface area (Å²) >= 11 is -2.17. The summed E-state index contributed by atoms with van der Waals surface area (Å²) in [7, 11) is 0. The van der Waals surface area contributed by atoms with Crippen molar-refractivity contribution < 1.29 is 13.3 Å². The van der Waals surface area contributed by atoms with Crippen molar-refractivity contribution in [2.45, 2.75) is 50.4 Å². The average molecular weight is 289 g/mol. The molecule has 0 unspecified atom stereocenters. The van der Waals surface area contributed by atoms with Gasteiger partial charge in [0.05, 0.1) is 0 Å². The third-order valence-electron chi connectivity index (χ3n) is 2.92. The van der Waals surface area contributed by atoms with Crippen LogP contribution >= 0.6 is 0 Å². The van der Waals surface area contributed by atoms with Gasteiger partial charge in [-0.15, -0.1) is 0 Å². The molecule has 3 nitrogen and oxygen atoms in total. The first kappa shape index (κ1) is 15.6. The second kappa shape index (κ2) is 7.77. The van der Waals surface area contributed by atoms with Crippen molar-refractivity contribution in [3.8, 4) is 0 Å². The Morgan fingerprint density at radius 2 is 1.62 bits per heavy atom. The second-order valence-corrected chi connectivity index (χ2v) is 13.7. The van der Waals surface area contributed by atoms with E-state index in [4.69, 9.17) is 8.50 Å². The Labute approximate surface area is 102 Å². The number of hydrogen-bond donors (Lipinski definition) is 0. The molecule has 0 aliphatic carbocycles. The molecule has 0 fully saturated rings. The van der Waals surface area contributed by atoms with Gasteiger partial charge < -0.3 is 0 Å². The molecule has 0 N–H and O–H groups in total. The molecule has 4 heteroatoms. The fourth-order valence-electron chi connectivity index (χ4n) is 1.69. The summed E-state index contributed by atoms with van der Waals surface area (Å²) in [5.41, 5.74) is 0. The zero-order valence-corrected chi connectivity index (χ0v) is 13.2. The first-order valence-electron chi connectivity index (χ1n) is 6.07. The molecule has 94 valence electrons. The summed E-state index contributed by atoms with van der Waals surface area (Å²) in [4.78, 5) is 11.2. The van der Waals surface area contributed by atoms with E-state index in [0.717, 1.165) is 15.8 Å². The molecule has 0 atom stereocenters. The van der Waals surface area contributed by atoms with Crippen LogP contribution < -0.4 is 0 Å². The number of carbonyl (C=O) groups is 1. The second-order valence-electron chi connectivity index (χ2n) is 3.85. The number of hydrogen-bond acceptors (Lipinski definition) is 3. The normalized spacial score (nSPS) is 12.4. The Morgan fingerprint density at radius 3 is 2.00 bits per heavy atom. The van der Waals surface area contributed by atoms with E-state index in [1.54, 1.807) is 6.92 Å². The molecule has 0 aromatic rings. The summed E-state index contributed by atoms with van der Waals surface area (Å²) in [5, 5.41) is 3.38. The number of carbonyl (C=O) groups excluding carboxylic acids is 1. The molecular weight excluding hydrogens is 265 g/mol. The van der Waals surface area contributed by atoms with Gasteiger partial charge in [0.15, 0.2) is 0 Å². The van der Waals surface area contributed by atoms with Crippen molar-refractivity contribution in [3.63, 3.8) is 0 Å². The van der Waals surface area contributed by atoms with Crippen LogP contribution in [0, 0.1) is 0 Å². The molecule has 16 heavy (non-hydrogen) atoms. The van der Waals surface area contributed by atoms with Crippen LogP contribution in [-0.2, 0) is 13.3 Å². The van der Waals surface area contributed by atoms with Gasteiger partial charge in [0, 0.05) is 0 Å². The van der Waals surface area contributed by atoms with Gasteiger partial charge in [-0.3, -0.25) is 0 Å². The molecule has 0 aromatic carbocycles. The van der Waals surface area contributed by atoms with Crippen molar-refractivity contribution in [2.24, 2.45) is 0 Å². The van der Waals surface area contributed by atoms with Crippen LogP contribution in [0.2, 0.25) is 15.8 Å². The van der Waals surface area contributed by atoms with Gasteiger partial charge in [0.25, 0.3) is 0 Å². The van der Waals surface area contributed by atoms with Crippen LogP contribution in [-0.4, -0.2) is 26.2 Å². The number of allylic oxidation sites excluding steroid dienone is 1. The monoisotopic (exact) mass is 290 g/mol. The van der Waals surface area contributed by atoms with Crippen LogP contribution in [0.1, 0.15) is 34.6 Å². The van der Waals surface area contributed by atoms with Crippen LogP contribution in [0.3, 0.4) is 0 Å². The zero-order valence-electron chi connectivity index (χ0n) is 11.1. The van der Waals surface area contributed by atoms with Crippen LogP contribution in [0.5, 0.6) is 0 Å². The van der Waals surface area contributed by atoms with E-state index in [9.17, 15) is 4.79 Å². The van der Waals surface area contributed by atoms with E-state index < -0.39 is 13.6 Å². The van der Waals surface area contributed by atoms with Crippen molar-refractivity contribution in [3.05, 3.63) is 11.8 Å². The SMILES string of the molecule is CCOC(=O)/C=C(/C)[O][Ge]([CH2]C)([CH2]C)[CH2]C. The van der Waals surface area contributed by atoms with Crippen molar-refractivity contribution in [2.75, 3.05) is 6.61 Å². The van der Waals surface area contributed by atoms with Crippen molar-refractivity contribution in [1.29, 1.82) is 0 Å². The van der Waals surface area contributed by atoms with Gasteiger partial charge in [0.2, 0.25) is 0 Å². The predicted octanol–water partition coefficient (Wildman–Crippen LogP) is 3.48. The van der Waals surface area contributed by atoms with Crippen LogP contribution in [0.15, 0.2) is 11.8 Å². The van der Waals surface area contributed by atoms with E-state index in [-0.39, 0.29) is 5.97 Å². The Hall–Kier alpha value is -0.447. The van der Waals surface area contributed by atoms with E-state index in [1.165, 1.54) is 6.08 Å². The van der Waals surface area contributed by atoms with Gasteiger partial charge in [-0.25, -0.2) is 0 Å². The standard InChI is InChI=1S/C12H24GeO3/c1-6-13(7-2,8-3)16-11(5)10-12(14)15-9-4/h10H,6-9H2,1-5H3/b11-10-. The number of rotatable bonds is 7. The van der Waals surface area contributed by atoms with Gasteiger partial charge in [-0.2, -0.15) is 0 Å². The number of esters is 1. The molecule has 0 radical (unpaired) electrons. The molecule has 0 rings (SSSR count). The van der Waals surface area contributed by atoms with Gasteiger partial charge in [-0.05, 0) is 0 Å². The zero-order chi connectivity index (χ0) is 12.6. The molecule has 0 aliphatic rings. The molecule has 0 aliphatic heterocycles. The molecule has 0 saturated carbocycles. The first-order chi connectivity index (χ1) is 7.53. The summed E-state index contributed by atoms with van der Waals surface area (Å²) in [6.45, 7) is 10.6. The third kappa shape index (κ3) is 5.06. The summed E-state index contributed by atoms with van der Waals surface area (Å²) in [6.07, 6.45) is 1.46. The Balaban J connectivity index is 4.50. The molecule has 0 saturated heterocycles. The van der Waals surface area contributed by atoms with Crippen molar-refractivity contribution in [1.82, 2.24) is 0 Å². The molecule has 0 amide bonds. The predicted molar refractivity (Wildman–Crippen MR) is 68.7 cm³/mol. The van der Waals surface area contributed by atoms with Gasteiger partial charge in [0.1, 0.15) is 0 Å². The molecule has 0 bridgehead atoms. The van der Waals surface area contributed by atoms with Gasteiger partial charge in [-0.1, -0.05) is 0 Å². The third-order valence-corrected chi connectivity index (χ3v) is 12.6. The summed E-state index contributed by atoms with van der Waals surface area (Å²) in [6, 6.07) is 0. The van der Waals surface area contributed by atoms with E-state index in [0.29, 0.717) is 12.4 Å². The van der Waals surface area contributed by atoms with E-state index in [1.807, 2.05) is 6.92 Å². The minimum atomic E-state index is -2.17. The Bertz CT molecular complexity index is 236. The topological polar surface area (TPSA) is 35.5 Å².